The third-order valence-electron chi connectivity index (χ3n) is 6.87. The minimum atomic E-state index is -4.51. The number of nitrogens with one attached hydrogen (secondary N) is 3. The second-order valence-electron chi connectivity index (χ2n) is 9.90. The summed E-state index contributed by atoms with van der Waals surface area (Å²) >= 11 is 0. The molecule has 2 fully saturated rings. The zero-order valence-electron chi connectivity index (χ0n) is 20.1. The molecule has 2 atom stereocenters. The third kappa shape index (κ3) is 4.31. The van der Waals surface area contributed by atoms with Gasteiger partial charge in [-0.3, -0.25) is 4.79 Å². The lowest BCUT2D eigenvalue weighted by Crippen LogP contribution is -2.45. The zero-order valence-corrected chi connectivity index (χ0v) is 20.1. The van der Waals surface area contributed by atoms with E-state index >= 15 is 0 Å². The van der Waals surface area contributed by atoms with Crippen molar-refractivity contribution in [2.75, 3.05) is 28.6 Å². The standard InChI is InChI=1S/C25H24F3N7O2/c1-24(2)22(36)34-21-20(37-24)7-13(10-31-21)18-5-6-29-23(33-18)32-14-3-4-19(17(9-14)25(26,27)28)35-12-15-8-16(35)11-30-15/h3-7,9-10,15-16,30H,8,11-12H2,1-2H3,(H,29,32,33)(H,31,34,36)/t15-,16-/m0/s1. The maximum absolute atomic E-state index is 14.0. The highest BCUT2D eigenvalue weighted by Gasteiger charge is 2.42. The number of fused-ring (bicyclic) bond motifs is 3. The summed E-state index contributed by atoms with van der Waals surface area (Å²) in [6.45, 7) is 4.55. The van der Waals surface area contributed by atoms with E-state index in [9.17, 15) is 18.0 Å². The number of rotatable bonds is 4. The Hall–Kier alpha value is -3.93. The van der Waals surface area contributed by atoms with E-state index < -0.39 is 17.3 Å². The van der Waals surface area contributed by atoms with Gasteiger partial charge in [0.05, 0.1) is 11.3 Å². The molecule has 0 unspecified atom stereocenters. The summed E-state index contributed by atoms with van der Waals surface area (Å²) in [5.41, 5.74) is -0.246. The number of amides is 1. The Morgan fingerprint density at radius 3 is 2.76 bits per heavy atom. The predicted octanol–water partition coefficient (Wildman–Crippen LogP) is 3.96. The van der Waals surface area contributed by atoms with Crippen LogP contribution >= 0.6 is 0 Å². The molecule has 1 aromatic carbocycles. The summed E-state index contributed by atoms with van der Waals surface area (Å²) in [4.78, 5) is 26.8. The van der Waals surface area contributed by atoms with Gasteiger partial charge >= 0.3 is 6.18 Å². The average molecular weight is 512 g/mol. The number of piperazine rings is 1. The number of carbonyl (C=O) groups excluding carboxylic acids is 1. The average Bonchev–Trinajstić information content (AvgIpc) is 3.48. The molecule has 3 N–H and O–H groups in total. The van der Waals surface area contributed by atoms with Crippen molar-refractivity contribution in [2.45, 2.75) is 44.1 Å². The summed E-state index contributed by atoms with van der Waals surface area (Å²) in [5, 5.41) is 8.92. The molecule has 6 rings (SSSR count). The van der Waals surface area contributed by atoms with Crippen molar-refractivity contribution in [3.8, 4) is 17.0 Å². The Bertz CT molecular complexity index is 1390. The number of nitrogens with zero attached hydrogens (tertiary/aromatic N) is 4. The fourth-order valence-electron chi connectivity index (χ4n) is 4.99. The van der Waals surface area contributed by atoms with Crippen LogP contribution in [-0.4, -0.2) is 51.6 Å². The van der Waals surface area contributed by atoms with Crippen LogP contribution < -0.4 is 25.6 Å². The Morgan fingerprint density at radius 1 is 1.19 bits per heavy atom. The molecule has 1 amide bonds. The van der Waals surface area contributed by atoms with Crippen LogP contribution in [0.4, 0.5) is 36.3 Å². The van der Waals surface area contributed by atoms with E-state index in [1.54, 1.807) is 32.0 Å². The minimum Gasteiger partial charge on any atom is -0.474 e. The smallest absolute Gasteiger partial charge is 0.418 e. The van der Waals surface area contributed by atoms with Crippen LogP contribution in [0.2, 0.25) is 0 Å². The van der Waals surface area contributed by atoms with Crippen LogP contribution in [0, 0.1) is 0 Å². The third-order valence-corrected chi connectivity index (χ3v) is 6.87. The number of halogens is 3. The topological polar surface area (TPSA) is 104 Å². The minimum absolute atomic E-state index is 0.0676. The van der Waals surface area contributed by atoms with E-state index in [1.807, 2.05) is 4.90 Å². The van der Waals surface area contributed by atoms with Gasteiger partial charge in [0, 0.05) is 54.5 Å². The highest BCUT2D eigenvalue weighted by Crippen LogP contribution is 2.42. The maximum Gasteiger partial charge on any atom is 0.418 e. The van der Waals surface area contributed by atoms with Crippen LogP contribution in [0.1, 0.15) is 25.8 Å². The van der Waals surface area contributed by atoms with E-state index in [4.69, 9.17) is 4.74 Å². The summed E-state index contributed by atoms with van der Waals surface area (Å²) in [6, 6.07) is 7.87. The number of anilines is 4. The molecule has 0 radical (unpaired) electrons. The number of alkyl halides is 3. The maximum atomic E-state index is 14.0. The lowest BCUT2D eigenvalue weighted by Gasteiger charge is -2.32. The fourth-order valence-corrected chi connectivity index (χ4v) is 4.99. The summed E-state index contributed by atoms with van der Waals surface area (Å²) in [6.07, 6.45) is -0.626. The number of ether oxygens (including phenoxy) is 1. The van der Waals surface area contributed by atoms with Crippen LogP contribution in [0.25, 0.3) is 11.3 Å². The molecule has 3 aromatic rings. The van der Waals surface area contributed by atoms with Crippen molar-refractivity contribution in [3.63, 3.8) is 0 Å². The van der Waals surface area contributed by atoms with E-state index in [2.05, 4.69) is 30.9 Å². The molecule has 2 saturated heterocycles. The van der Waals surface area contributed by atoms with Crippen molar-refractivity contribution < 1.29 is 22.7 Å². The Kier molecular flexibility index (Phi) is 5.26. The van der Waals surface area contributed by atoms with Gasteiger partial charge in [-0.2, -0.15) is 13.2 Å². The number of hydrogen-bond acceptors (Lipinski definition) is 8. The van der Waals surface area contributed by atoms with Gasteiger partial charge in [-0.1, -0.05) is 0 Å². The van der Waals surface area contributed by atoms with Crippen LogP contribution in [0.15, 0.2) is 42.7 Å². The van der Waals surface area contributed by atoms with Gasteiger partial charge in [-0.25, -0.2) is 15.0 Å². The second kappa shape index (κ2) is 8.30. The second-order valence-corrected chi connectivity index (χ2v) is 9.90. The van der Waals surface area contributed by atoms with Crippen molar-refractivity contribution in [1.29, 1.82) is 0 Å². The molecule has 3 aliphatic rings. The molecule has 37 heavy (non-hydrogen) atoms. The van der Waals surface area contributed by atoms with Crippen LogP contribution in [0.5, 0.6) is 5.75 Å². The van der Waals surface area contributed by atoms with E-state index in [1.165, 1.54) is 18.5 Å². The highest BCUT2D eigenvalue weighted by atomic mass is 19.4. The molecular formula is C25H24F3N7O2. The number of carbonyl (C=O) groups is 1. The summed E-state index contributed by atoms with van der Waals surface area (Å²) in [7, 11) is 0. The number of benzene rings is 1. The van der Waals surface area contributed by atoms with Crippen molar-refractivity contribution in [3.05, 3.63) is 48.3 Å². The summed E-state index contributed by atoms with van der Waals surface area (Å²) in [5.74, 6) is 0.538. The normalized spacial score (nSPS) is 21.9. The van der Waals surface area contributed by atoms with E-state index in [-0.39, 0.29) is 35.3 Å². The number of pyridine rings is 1. The van der Waals surface area contributed by atoms with Crippen molar-refractivity contribution in [1.82, 2.24) is 20.3 Å². The van der Waals surface area contributed by atoms with Gasteiger partial charge in [0.1, 0.15) is 0 Å². The lowest BCUT2D eigenvalue weighted by molar-refractivity contribution is -0.137. The molecule has 2 bridgehead atoms. The van der Waals surface area contributed by atoms with Gasteiger partial charge < -0.3 is 25.6 Å². The molecule has 5 heterocycles. The first-order chi connectivity index (χ1) is 17.6. The van der Waals surface area contributed by atoms with Gasteiger partial charge in [0.25, 0.3) is 5.91 Å². The molecule has 192 valence electrons. The fraction of sp³-hybridized carbons (Fsp3) is 0.360. The molecule has 0 spiro atoms. The van der Waals surface area contributed by atoms with Gasteiger partial charge in [0.2, 0.25) is 5.95 Å². The SMILES string of the molecule is CC1(C)Oc2cc(-c3ccnc(Nc4ccc(N5C[C@@H]6C[C@H]5CN6)c(C(F)(F)F)c4)n3)cnc2NC1=O. The Balaban J connectivity index is 1.27. The van der Waals surface area contributed by atoms with Gasteiger partial charge in [-0.15, -0.1) is 0 Å². The molecule has 0 aliphatic carbocycles. The van der Waals surface area contributed by atoms with Crippen molar-refractivity contribution in [2.24, 2.45) is 0 Å². The van der Waals surface area contributed by atoms with Crippen LogP contribution in [-0.2, 0) is 11.0 Å². The molecule has 0 saturated carbocycles. The summed E-state index contributed by atoms with van der Waals surface area (Å²) < 4.78 is 47.8. The molecule has 12 heteroatoms. The first kappa shape index (κ1) is 23.5. The number of hydrogen-bond donors (Lipinski definition) is 3. The van der Waals surface area contributed by atoms with E-state index in [0.717, 1.165) is 12.5 Å². The monoisotopic (exact) mass is 511 g/mol. The largest absolute Gasteiger partial charge is 0.474 e. The lowest BCUT2D eigenvalue weighted by atomic mass is 10.1. The molecule has 2 aromatic heterocycles. The first-order valence-corrected chi connectivity index (χ1v) is 11.9. The predicted molar refractivity (Wildman–Crippen MR) is 131 cm³/mol. The molecule has 3 aliphatic heterocycles. The van der Waals surface area contributed by atoms with E-state index in [0.29, 0.717) is 35.9 Å². The Labute approximate surface area is 210 Å². The quantitative estimate of drug-likeness (QED) is 0.484. The number of aromatic nitrogens is 3. The molecular weight excluding hydrogens is 487 g/mol. The van der Waals surface area contributed by atoms with Crippen molar-refractivity contribution >= 4 is 29.0 Å². The Morgan fingerprint density at radius 2 is 2.03 bits per heavy atom. The zero-order chi connectivity index (χ0) is 25.9. The first-order valence-electron chi connectivity index (χ1n) is 11.9. The highest BCUT2D eigenvalue weighted by molar-refractivity contribution is 5.99. The van der Waals surface area contributed by atoms with Crippen LogP contribution in [0.3, 0.4) is 0 Å². The van der Waals surface area contributed by atoms with Gasteiger partial charge in [0.15, 0.2) is 17.2 Å². The van der Waals surface area contributed by atoms with Gasteiger partial charge in [-0.05, 0) is 50.6 Å². The molecule has 9 nitrogen and oxygen atoms in total.